The molecule has 0 radical (unpaired) electrons. The highest BCUT2D eigenvalue weighted by Gasteiger charge is 2.46. The lowest BCUT2D eigenvalue weighted by molar-refractivity contribution is -0.185. The first-order chi connectivity index (χ1) is 10.3. The molecule has 0 aliphatic carbocycles. The summed E-state index contributed by atoms with van der Waals surface area (Å²) in [6.45, 7) is 28.4. The number of rotatable bonds is 0. The number of nitrogens with zero attached hydrogens (tertiary/aromatic N) is 4. The number of hydrogen-bond donors (Lipinski definition) is 0. The van der Waals surface area contributed by atoms with Gasteiger partial charge in [-0.3, -0.25) is 19.6 Å². The molecule has 0 atom stereocenters. The maximum atomic E-state index is 2.73. The fourth-order valence-electron chi connectivity index (χ4n) is 3.98. The summed E-state index contributed by atoms with van der Waals surface area (Å²) in [5, 5.41) is 0. The van der Waals surface area contributed by atoms with Crippen LogP contribution in [0.3, 0.4) is 0 Å². The topological polar surface area (TPSA) is 13.0 Å². The van der Waals surface area contributed by atoms with Gasteiger partial charge in [0.25, 0.3) is 0 Å². The minimum Gasteiger partial charge on any atom is -0.300 e. The predicted molar refractivity (Wildman–Crippen MR) is 99.6 cm³/mol. The summed E-state index contributed by atoms with van der Waals surface area (Å²) in [7, 11) is 0. The number of fused-ring (bicyclic) bond motifs is 6. The van der Waals surface area contributed by atoms with E-state index < -0.39 is 0 Å². The zero-order chi connectivity index (χ0) is 17.6. The van der Waals surface area contributed by atoms with Crippen molar-refractivity contribution in [2.75, 3.05) is 39.3 Å². The highest BCUT2D eigenvalue weighted by atomic mass is 15.6. The SMILES string of the molecule is CC(C)(C)N1CCN2CCN(C(C)(C)C)C1N(C(C)(C)C)CC2. The molecule has 3 rings (SSSR count). The van der Waals surface area contributed by atoms with E-state index in [1.807, 2.05) is 0 Å². The monoisotopic (exact) mass is 324 g/mol. The molecular formula is C19H40N4. The van der Waals surface area contributed by atoms with Crippen LogP contribution in [0, 0.1) is 0 Å². The third kappa shape index (κ3) is 4.28. The van der Waals surface area contributed by atoms with Gasteiger partial charge in [0, 0.05) is 55.9 Å². The van der Waals surface area contributed by atoms with E-state index >= 15 is 0 Å². The Bertz CT molecular complexity index is 337. The van der Waals surface area contributed by atoms with Gasteiger partial charge in [-0.1, -0.05) is 0 Å². The van der Waals surface area contributed by atoms with Crippen LogP contribution < -0.4 is 0 Å². The molecule has 0 unspecified atom stereocenters. The standard InChI is InChI=1S/C19H40N4/c1-17(2,3)21-13-10-20-11-14-22(18(4,5)6)16(21)23(15-12-20)19(7,8)9/h16H,10-15H2,1-9H3. The molecule has 3 aliphatic rings. The summed E-state index contributed by atoms with van der Waals surface area (Å²) in [5.74, 6) is 0. The highest BCUT2D eigenvalue weighted by molar-refractivity contribution is 4.96. The fraction of sp³-hybridized carbons (Fsp3) is 1.00. The average molecular weight is 325 g/mol. The van der Waals surface area contributed by atoms with Crippen molar-refractivity contribution in [3.63, 3.8) is 0 Å². The number of hydrogen-bond acceptors (Lipinski definition) is 4. The van der Waals surface area contributed by atoms with Crippen LogP contribution in [0.15, 0.2) is 0 Å². The van der Waals surface area contributed by atoms with Crippen LogP contribution in [0.4, 0.5) is 0 Å². The molecule has 4 nitrogen and oxygen atoms in total. The first kappa shape index (κ1) is 19.2. The molecule has 2 bridgehead atoms. The smallest absolute Gasteiger partial charge is 0.121 e. The van der Waals surface area contributed by atoms with Gasteiger partial charge in [0.05, 0.1) is 0 Å². The van der Waals surface area contributed by atoms with E-state index in [1.165, 1.54) is 19.6 Å². The normalized spacial score (nSPS) is 30.1. The van der Waals surface area contributed by atoms with Crippen LogP contribution in [0.1, 0.15) is 62.3 Å². The lowest BCUT2D eigenvalue weighted by Gasteiger charge is -2.60. The van der Waals surface area contributed by atoms with Crippen molar-refractivity contribution in [2.45, 2.75) is 85.2 Å². The van der Waals surface area contributed by atoms with Crippen LogP contribution in [0.25, 0.3) is 0 Å². The third-order valence-electron chi connectivity index (χ3n) is 5.39. The van der Waals surface area contributed by atoms with Crippen LogP contribution in [-0.4, -0.2) is 81.8 Å². The third-order valence-corrected chi connectivity index (χ3v) is 5.39. The molecule has 0 saturated carbocycles. The summed E-state index contributed by atoms with van der Waals surface area (Å²) in [5.41, 5.74) is 0.494. The van der Waals surface area contributed by atoms with Gasteiger partial charge >= 0.3 is 0 Å². The van der Waals surface area contributed by atoms with Crippen molar-refractivity contribution < 1.29 is 0 Å². The van der Waals surface area contributed by atoms with Crippen molar-refractivity contribution in [3.05, 3.63) is 0 Å². The van der Waals surface area contributed by atoms with Crippen LogP contribution in [-0.2, 0) is 0 Å². The predicted octanol–water partition coefficient (Wildman–Crippen LogP) is 2.90. The van der Waals surface area contributed by atoms with Gasteiger partial charge in [0.2, 0.25) is 0 Å². The van der Waals surface area contributed by atoms with Crippen molar-refractivity contribution in [1.29, 1.82) is 0 Å². The van der Waals surface area contributed by atoms with E-state index in [1.54, 1.807) is 0 Å². The molecular weight excluding hydrogens is 284 g/mol. The largest absolute Gasteiger partial charge is 0.300 e. The highest BCUT2D eigenvalue weighted by Crippen LogP contribution is 2.33. The molecule has 3 fully saturated rings. The van der Waals surface area contributed by atoms with Crippen molar-refractivity contribution in [1.82, 2.24) is 19.6 Å². The quantitative estimate of drug-likeness (QED) is 0.679. The maximum absolute atomic E-state index is 2.73. The van der Waals surface area contributed by atoms with Gasteiger partial charge in [0.1, 0.15) is 6.29 Å². The molecule has 0 spiro atoms. The summed E-state index contributed by atoms with van der Waals surface area (Å²) in [6.07, 6.45) is 0.373. The lowest BCUT2D eigenvalue weighted by atomic mass is 9.98. The molecule has 23 heavy (non-hydrogen) atoms. The molecule has 3 heterocycles. The summed E-state index contributed by atoms with van der Waals surface area (Å²) >= 11 is 0. The van der Waals surface area contributed by atoms with E-state index in [0.29, 0.717) is 6.29 Å². The molecule has 136 valence electrons. The average Bonchev–Trinajstić information content (AvgIpc) is 2.19. The molecule has 0 N–H and O–H groups in total. The van der Waals surface area contributed by atoms with Gasteiger partial charge in [-0.25, -0.2) is 0 Å². The van der Waals surface area contributed by atoms with Gasteiger partial charge < -0.3 is 0 Å². The molecule has 0 aromatic heterocycles. The van der Waals surface area contributed by atoms with Crippen LogP contribution in [0.2, 0.25) is 0 Å². The molecule has 3 saturated heterocycles. The van der Waals surface area contributed by atoms with Crippen molar-refractivity contribution in [3.8, 4) is 0 Å². The second kappa shape index (κ2) is 6.29. The van der Waals surface area contributed by atoms with Crippen molar-refractivity contribution >= 4 is 0 Å². The zero-order valence-corrected chi connectivity index (χ0v) is 17.1. The lowest BCUT2D eigenvalue weighted by Crippen LogP contribution is -2.74. The minimum atomic E-state index is 0.165. The van der Waals surface area contributed by atoms with Gasteiger partial charge in [-0.05, 0) is 62.3 Å². The van der Waals surface area contributed by atoms with Crippen LogP contribution >= 0.6 is 0 Å². The first-order valence-corrected chi connectivity index (χ1v) is 9.34. The van der Waals surface area contributed by atoms with E-state index in [0.717, 1.165) is 19.6 Å². The van der Waals surface area contributed by atoms with E-state index in [9.17, 15) is 0 Å². The van der Waals surface area contributed by atoms with Crippen LogP contribution in [0.5, 0.6) is 0 Å². The Labute approximate surface area is 144 Å². The maximum Gasteiger partial charge on any atom is 0.121 e. The Kier molecular flexibility index (Phi) is 5.24. The van der Waals surface area contributed by atoms with Gasteiger partial charge in [-0.2, -0.15) is 0 Å². The first-order valence-electron chi connectivity index (χ1n) is 9.34. The fourth-order valence-corrected chi connectivity index (χ4v) is 3.98. The van der Waals surface area contributed by atoms with Gasteiger partial charge in [-0.15, -0.1) is 0 Å². The molecule has 4 heteroatoms. The Balaban J connectivity index is 2.53. The van der Waals surface area contributed by atoms with E-state index in [4.69, 9.17) is 0 Å². The second-order valence-corrected chi connectivity index (χ2v) is 10.3. The summed E-state index contributed by atoms with van der Waals surface area (Å²) in [4.78, 5) is 10.9. The zero-order valence-electron chi connectivity index (χ0n) is 17.1. The van der Waals surface area contributed by atoms with Crippen molar-refractivity contribution in [2.24, 2.45) is 0 Å². The Hall–Kier alpha value is -0.160. The summed E-state index contributed by atoms with van der Waals surface area (Å²) < 4.78 is 0. The Morgan fingerprint density at radius 3 is 0.957 bits per heavy atom. The minimum absolute atomic E-state index is 0.165. The molecule has 0 aromatic rings. The Morgan fingerprint density at radius 1 is 0.478 bits per heavy atom. The van der Waals surface area contributed by atoms with E-state index in [2.05, 4.69) is 81.9 Å². The van der Waals surface area contributed by atoms with Gasteiger partial charge in [0.15, 0.2) is 0 Å². The molecule has 0 aromatic carbocycles. The Morgan fingerprint density at radius 2 is 0.739 bits per heavy atom. The summed E-state index contributed by atoms with van der Waals surface area (Å²) in [6, 6.07) is 0. The molecule has 0 amide bonds. The van der Waals surface area contributed by atoms with E-state index in [-0.39, 0.29) is 16.6 Å². The molecule has 3 aliphatic heterocycles. The second-order valence-electron chi connectivity index (χ2n) is 10.3.